The highest BCUT2D eigenvalue weighted by atomic mass is 16.5. The molecule has 3 heteroatoms. The van der Waals surface area contributed by atoms with Crippen LogP contribution >= 0.6 is 0 Å². The fourth-order valence-electron chi connectivity index (χ4n) is 0.868. The number of aliphatic hydroxyl groups excluding tert-OH is 1. The number of hydrogen-bond acceptors (Lipinski definition) is 3. The molecule has 1 heterocycles. The third-order valence-electron chi connectivity index (χ3n) is 1.34. The van der Waals surface area contributed by atoms with Crippen LogP contribution in [0.3, 0.4) is 0 Å². The Bertz CT molecular complexity index is 76.8. The first-order valence-electron chi connectivity index (χ1n) is 2.85. The monoisotopic (exact) mass is 117 g/mol. The first kappa shape index (κ1) is 6.01. The molecule has 1 fully saturated rings. The van der Waals surface area contributed by atoms with Crippen LogP contribution in [0.1, 0.15) is 12.8 Å². The van der Waals surface area contributed by atoms with Gasteiger partial charge >= 0.3 is 0 Å². The third kappa shape index (κ3) is 1.18. The highest BCUT2D eigenvalue weighted by molar-refractivity contribution is 4.67. The van der Waals surface area contributed by atoms with Crippen molar-refractivity contribution in [2.45, 2.75) is 25.2 Å². The van der Waals surface area contributed by atoms with Crippen LogP contribution in [0.2, 0.25) is 0 Å². The first-order chi connectivity index (χ1) is 3.83. The van der Waals surface area contributed by atoms with Crippen molar-refractivity contribution in [3.05, 3.63) is 0 Å². The van der Waals surface area contributed by atoms with Gasteiger partial charge in [-0.1, -0.05) is 0 Å². The fraction of sp³-hybridized carbons (Fsp3) is 1.00. The van der Waals surface area contributed by atoms with Gasteiger partial charge in [-0.3, -0.25) is 0 Å². The summed E-state index contributed by atoms with van der Waals surface area (Å²) in [6, 6.07) is 0. The quantitative estimate of drug-likeness (QED) is 0.484. The highest BCUT2D eigenvalue weighted by Crippen LogP contribution is 2.14. The maximum atomic E-state index is 8.50. The molecule has 3 N–H and O–H groups in total. The summed E-state index contributed by atoms with van der Waals surface area (Å²) in [6.07, 6.45) is 1.65. The van der Waals surface area contributed by atoms with Gasteiger partial charge < -0.3 is 15.6 Å². The van der Waals surface area contributed by atoms with E-state index in [2.05, 4.69) is 0 Å². The van der Waals surface area contributed by atoms with Crippen LogP contribution in [0.4, 0.5) is 0 Å². The van der Waals surface area contributed by atoms with E-state index in [-0.39, 0.29) is 18.9 Å². The van der Waals surface area contributed by atoms with E-state index in [1.54, 1.807) is 0 Å². The number of hydrogen-bond donors (Lipinski definition) is 2. The molecule has 0 saturated carbocycles. The van der Waals surface area contributed by atoms with Gasteiger partial charge in [-0.05, 0) is 12.8 Å². The Morgan fingerprint density at radius 3 is 2.62 bits per heavy atom. The van der Waals surface area contributed by atoms with Crippen LogP contribution in [0.15, 0.2) is 0 Å². The Hall–Kier alpha value is -0.120. The lowest BCUT2D eigenvalue weighted by molar-refractivity contribution is 0.0148. The standard InChI is InChI=1S/C5H11NO2/c6-5-2-1-4(3-7)8-5/h4-5,7H,1-3,6H2/t4-,5?/m1/s1. The lowest BCUT2D eigenvalue weighted by Gasteiger charge is -2.04. The van der Waals surface area contributed by atoms with Gasteiger partial charge in [0.05, 0.1) is 12.7 Å². The zero-order valence-corrected chi connectivity index (χ0v) is 4.71. The van der Waals surface area contributed by atoms with Crippen LogP contribution in [-0.4, -0.2) is 24.0 Å². The van der Waals surface area contributed by atoms with Gasteiger partial charge in [0.1, 0.15) is 6.23 Å². The normalized spacial score (nSPS) is 38.2. The molecule has 0 aromatic carbocycles. The van der Waals surface area contributed by atoms with E-state index >= 15 is 0 Å². The molecule has 1 saturated heterocycles. The first-order valence-corrected chi connectivity index (χ1v) is 2.85. The van der Waals surface area contributed by atoms with Crippen molar-refractivity contribution in [3.63, 3.8) is 0 Å². The maximum Gasteiger partial charge on any atom is 0.106 e. The molecule has 1 unspecified atom stereocenters. The minimum atomic E-state index is -0.132. The molecule has 48 valence electrons. The minimum absolute atomic E-state index is 0.00463. The van der Waals surface area contributed by atoms with Gasteiger partial charge in [0.2, 0.25) is 0 Å². The van der Waals surface area contributed by atoms with Gasteiger partial charge in [0.15, 0.2) is 0 Å². The Labute approximate surface area is 48.4 Å². The van der Waals surface area contributed by atoms with E-state index in [0.717, 1.165) is 12.8 Å². The molecule has 8 heavy (non-hydrogen) atoms. The van der Waals surface area contributed by atoms with Gasteiger partial charge in [0.25, 0.3) is 0 Å². The van der Waals surface area contributed by atoms with Crippen LogP contribution in [0.5, 0.6) is 0 Å². The molecule has 0 amide bonds. The number of ether oxygens (including phenoxy) is 1. The Morgan fingerprint density at radius 2 is 2.38 bits per heavy atom. The van der Waals surface area contributed by atoms with E-state index in [9.17, 15) is 0 Å². The van der Waals surface area contributed by atoms with Crippen LogP contribution in [0.25, 0.3) is 0 Å². The summed E-state index contributed by atoms with van der Waals surface area (Å²) in [4.78, 5) is 0. The molecule has 0 aromatic heterocycles. The molecule has 2 atom stereocenters. The highest BCUT2D eigenvalue weighted by Gasteiger charge is 2.20. The second-order valence-electron chi connectivity index (χ2n) is 2.06. The van der Waals surface area contributed by atoms with Crippen LogP contribution in [-0.2, 0) is 4.74 Å². The molecular formula is C5H11NO2. The smallest absolute Gasteiger partial charge is 0.106 e. The molecular weight excluding hydrogens is 106 g/mol. The molecule has 0 bridgehead atoms. The van der Waals surface area contributed by atoms with E-state index in [0.29, 0.717) is 0 Å². The molecule has 1 aliphatic rings. The SMILES string of the molecule is NC1CC[C@H](CO)O1. The number of aliphatic hydroxyl groups is 1. The predicted octanol–water partition coefficient (Wildman–Crippen LogP) is -0.558. The zero-order valence-electron chi connectivity index (χ0n) is 4.71. The zero-order chi connectivity index (χ0) is 5.98. The van der Waals surface area contributed by atoms with Crippen molar-refractivity contribution in [2.75, 3.05) is 6.61 Å². The van der Waals surface area contributed by atoms with Crippen LogP contribution in [0, 0.1) is 0 Å². The lowest BCUT2D eigenvalue weighted by Crippen LogP contribution is -2.21. The molecule has 0 aromatic rings. The van der Waals surface area contributed by atoms with Crippen molar-refractivity contribution >= 4 is 0 Å². The van der Waals surface area contributed by atoms with E-state index in [1.807, 2.05) is 0 Å². The topological polar surface area (TPSA) is 55.5 Å². The van der Waals surface area contributed by atoms with E-state index in [4.69, 9.17) is 15.6 Å². The van der Waals surface area contributed by atoms with Crippen molar-refractivity contribution in [1.82, 2.24) is 0 Å². The molecule has 0 aliphatic carbocycles. The average Bonchev–Trinajstić information content (AvgIpc) is 2.14. The van der Waals surface area contributed by atoms with Gasteiger partial charge in [-0.15, -0.1) is 0 Å². The van der Waals surface area contributed by atoms with Crippen molar-refractivity contribution in [2.24, 2.45) is 5.73 Å². The molecule has 1 aliphatic heterocycles. The summed E-state index contributed by atoms with van der Waals surface area (Å²) < 4.78 is 5.04. The van der Waals surface area contributed by atoms with Gasteiger partial charge in [-0.25, -0.2) is 0 Å². The summed E-state index contributed by atoms with van der Waals surface area (Å²) in [5.74, 6) is 0. The Kier molecular flexibility index (Phi) is 1.83. The van der Waals surface area contributed by atoms with E-state index < -0.39 is 0 Å². The number of rotatable bonds is 1. The maximum absolute atomic E-state index is 8.50. The summed E-state index contributed by atoms with van der Waals surface area (Å²) in [5.41, 5.74) is 5.37. The average molecular weight is 117 g/mol. The van der Waals surface area contributed by atoms with Crippen molar-refractivity contribution in [3.8, 4) is 0 Å². The van der Waals surface area contributed by atoms with Crippen LogP contribution < -0.4 is 5.73 Å². The fourth-order valence-corrected chi connectivity index (χ4v) is 0.868. The Balaban J connectivity index is 2.22. The number of nitrogens with two attached hydrogens (primary N) is 1. The van der Waals surface area contributed by atoms with Crippen molar-refractivity contribution in [1.29, 1.82) is 0 Å². The molecule has 3 nitrogen and oxygen atoms in total. The van der Waals surface area contributed by atoms with Gasteiger partial charge in [-0.2, -0.15) is 0 Å². The molecule has 1 rings (SSSR count). The van der Waals surface area contributed by atoms with E-state index in [1.165, 1.54) is 0 Å². The van der Waals surface area contributed by atoms with Gasteiger partial charge in [0, 0.05) is 0 Å². The summed E-state index contributed by atoms with van der Waals surface area (Å²) in [6.45, 7) is 0.105. The second kappa shape index (κ2) is 2.44. The third-order valence-corrected chi connectivity index (χ3v) is 1.34. The minimum Gasteiger partial charge on any atom is -0.394 e. The molecule has 0 radical (unpaired) electrons. The summed E-state index contributed by atoms with van der Waals surface area (Å²) >= 11 is 0. The molecule has 0 spiro atoms. The lowest BCUT2D eigenvalue weighted by atomic mass is 10.2. The predicted molar refractivity (Wildman–Crippen MR) is 29.2 cm³/mol. The summed E-state index contributed by atoms with van der Waals surface area (Å²) in [7, 11) is 0. The Morgan fingerprint density at radius 1 is 1.62 bits per heavy atom. The second-order valence-corrected chi connectivity index (χ2v) is 2.06. The summed E-state index contributed by atoms with van der Waals surface area (Å²) in [5, 5.41) is 8.50. The van der Waals surface area contributed by atoms with Crippen molar-refractivity contribution < 1.29 is 9.84 Å². The largest absolute Gasteiger partial charge is 0.394 e.